The van der Waals surface area contributed by atoms with Crippen LogP contribution in [0.1, 0.15) is 42.1 Å². The van der Waals surface area contributed by atoms with E-state index in [0.717, 1.165) is 17.6 Å². The SMILES string of the molecule is COc1ccc(C(Br)C2CCCC2C)cc1C. The lowest BCUT2D eigenvalue weighted by Gasteiger charge is -2.22. The van der Waals surface area contributed by atoms with E-state index in [1.54, 1.807) is 7.11 Å². The van der Waals surface area contributed by atoms with Crippen LogP contribution in [0, 0.1) is 18.8 Å². The summed E-state index contributed by atoms with van der Waals surface area (Å²) in [4.78, 5) is 0.490. The molecule has 1 aliphatic carbocycles. The highest BCUT2D eigenvalue weighted by atomic mass is 79.9. The van der Waals surface area contributed by atoms with Crippen LogP contribution in [0.2, 0.25) is 0 Å². The number of aryl methyl sites for hydroxylation is 1. The van der Waals surface area contributed by atoms with Gasteiger partial charge in [-0.15, -0.1) is 0 Å². The molecule has 1 aliphatic rings. The van der Waals surface area contributed by atoms with E-state index in [-0.39, 0.29) is 0 Å². The van der Waals surface area contributed by atoms with Gasteiger partial charge in [0, 0.05) is 4.83 Å². The Kier molecular flexibility index (Phi) is 4.13. The highest BCUT2D eigenvalue weighted by Gasteiger charge is 2.30. The predicted molar refractivity (Wildman–Crippen MR) is 75.9 cm³/mol. The van der Waals surface area contributed by atoms with Crippen LogP contribution in [0.4, 0.5) is 0 Å². The molecule has 0 spiro atoms. The molecule has 0 saturated heterocycles. The zero-order valence-electron chi connectivity index (χ0n) is 10.9. The lowest BCUT2D eigenvalue weighted by Crippen LogP contribution is -2.10. The Morgan fingerprint density at radius 2 is 2.12 bits per heavy atom. The molecule has 3 atom stereocenters. The second-order valence-electron chi connectivity index (χ2n) is 5.20. The second-order valence-corrected chi connectivity index (χ2v) is 6.19. The molecule has 0 N–H and O–H groups in total. The van der Waals surface area contributed by atoms with Crippen molar-refractivity contribution in [2.45, 2.75) is 37.9 Å². The maximum absolute atomic E-state index is 5.31. The Hall–Kier alpha value is -0.500. The van der Waals surface area contributed by atoms with Crippen molar-refractivity contribution in [1.29, 1.82) is 0 Å². The number of methoxy groups -OCH3 is 1. The fourth-order valence-electron chi connectivity index (χ4n) is 2.93. The van der Waals surface area contributed by atoms with E-state index in [2.05, 4.69) is 48.0 Å². The average Bonchev–Trinajstić information content (AvgIpc) is 2.74. The number of ether oxygens (including phenoxy) is 1. The first-order valence-electron chi connectivity index (χ1n) is 6.42. The van der Waals surface area contributed by atoms with E-state index in [4.69, 9.17) is 4.74 Å². The summed E-state index contributed by atoms with van der Waals surface area (Å²) in [6, 6.07) is 6.53. The zero-order chi connectivity index (χ0) is 12.4. The minimum absolute atomic E-state index is 0.490. The van der Waals surface area contributed by atoms with Crippen molar-refractivity contribution in [3.8, 4) is 5.75 Å². The van der Waals surface area contributed by atoms with E-state index in [0.29, 0.717) is 4.83 Å². The minimum atomic E-state index is 0.490. The van der Waals surface area contributed by atoms with Gasteiger partial charge in [0.15, 0.2) is 0 Å². The molecule has 2 heteroatoms. The standard InChI is InChI=1S/C15H21BrO/c1-10-5-4-6-13(10)15(16)12-7-8-14(17-3)11(2)9-12/h7-10,13,15H,4-6H2,1-3H3. The number of rotatable bonds is 3. The molecule has 1 nitrogen and oxygen atoms in total. The Labute approximate surface area is 113 Å². The molecular formula is C15H21BrO. The smallest absolute Gasteiger partial charge is 0.121 e. The molecule has 1 aromatic carbocycles. The Bertz CT molecular complexity index is 389. The van der Waals surface area contributed by atoms with Gasteiger partial charge in [-0.2, -0.15) is 0 Å². The van der Waals surface area contributed by atoms with Gasteiger partial charge in [0.1, 0.15) is 5.75 Å². The quantitative estimate of drug-likeness (QED) is 0.723. The van der Waals surface area contributed by atoms with Crippen LogP contribution in [0.25, 0.3) is 0 Å². The molecule has 2 rings (SSSR count). The highest BCUT2D eigenvalue weighted by molar-refractivity contribution is 9.09. The summed E-state index contributed by atoms with van der Waals surface area (Å²) >= 11 is 3.89. The van der Waals surface area contributed by atoms with Crippen LogP contribution in [-0.2, 0) is 0 Å². The van der Waals surface area contributed by atoms with Gasteiger partial charge in [-0.3, -0.25) is 0 Å². The predicted octanol–water partition coefficient (Wildman–Crippen LogP) is 4.88. The van der Waals surface area contributed by atoms with Gasteiger partial charge in [0.2, 0.25) is 0 Å². The molecule has 0 bridgehead atoms. The van der Waals surface area contributed by atoms with Gasteiger partial charge in [-0.1, -0.05) is 47.8 Å². The van der Waals surface area contributed by atoms with Gasteiger partial charge in [0.25, 0.3) is 0 Å². The normalized spacial score (nSPS) is 25.9. The topological polar surface area (TPSA) is 9.23 Å². The summed E-state index contributed by atoms with van der Waals surface area (Å²) < 4.78 is 5.31. The lowest BCUT2D eigenvalue weighted by atomic mass is 9.90. The number of hydrogen-bond donors (Lipinski definition) is 0. The minimum Gasteiger partial charge on any atom is -0.496 e. The van der Waals surface area contributed by atoms with Gasteiger partial charge >= 0.3 is 0 Å². The highest BCUT2D eigenvalue weighted by Crippen LogP contribution is 2.45. The summed E-state index contributed by atoms with van der Waals surface area (Å²) in [5.41, 5.74) is 2.61. The molecule has 0 aliphatic heterocycles. The largest absolute Gasteiger partial charge is 0.496 e. The van der Waals surface area contributed by atoms with E-state index in [1.807, 2.05) is 0 Å². The molecule has 0 heterocycles. The van der Waals surface area contributed by atoms with Crippen molar-refractivity contribution in [1.82, 2.24) is 0 Å². The van der Waals surface area contributed by atoms with E-state index < -0.39 is 0 Å². The summed E-state index contributed by atoms with van der Waals surface area (Å²) in [6.07, 6.45) is 4.10. The van der Waals surface area contributed by atoms with E-state index >= 15 is 0 Å². The van der Waals surface area contributed by atoms with Crippen LogP contribution in [0.15, 0.2) is 18.2 Å². The van der Waals surface area contributed by atoms with Crippen molar-refractivity contribution < 1.29 is 4.74 Å². The third kappa shape index (κ3) is 2.67. The number of benzene rings is 1. The van der Waals surface area contributed by atoms with Gasteiger partial charge < -0.3 is 4.74 Å². The zero-order valence-corrected chi connectivity index (χ0v) is 12.5. The van der Waals surface area contributed by atoms with Gasteiger partial charge in [-0.05, 0) is 42.4 Å². The van der Waals surface area contributed by atoms with Crippen molar-refractivity contribution in [3.63, 3.8) is 0 Å². The maximum Gasteiger partial charge on any atom is 0.121 e. The van der Waals surface area contributed by atoms with Crippen molar-refractivity contribution in [2.75, 3.05) is 7.11 Å². The van der Waals surface area contributed by atoms with E-state index in [1.165, 1.54) is 30.4 Å². The second kappa shape index (κ2) is 5.43. The van der Waals surface area contributed by atoms with Gasteiger partial charge in [0.05, 0.1) is 7.11 Å². The van der Waals surface area contributed by atoms with Gasteiger partial charge in [-0.25, -0.2) is 0 Å². The average molecular weight is 297 g/mol. The molecule has 1 aromatic rings. The number of hydrogen-bond acceptors (Lipinski definition) is 1. The van der Waals surface area contributed by atoms with Crippen LogP contribution in [0.5, 0.6) is 5.75 Å². The van der Waals surface area contributed by atoms with Crippen LogP contribution >= 0.6 is 15.9 Å². The lowest BCUT2D eigenvalue weighted by molar-refractivity contribution is 0.407. The number of halogens is 1. The fourth-order valence-corrected chi connectivity index (χ4v) is 4.00. The Morgan fingerprint density at radius 3 is 2.65 bits per heavy atom. The number of alkyl halides is 1. The summed E-state index contributed by atoms with van der Waals surface area (Å²) in [5, 5.41) is 0. The molecule has 0 aromatic heterocycles. The Morgan fingerprint density at radius 1 is 1.35 bits per heavy atom. The van der Waals surface area contributed by atoms with Crippen molar-refractivity contribution in [3.05, 3.63) is 29.3 Å². The van der Waals surface area contributed by atoms with Crippen molar-refractivity contribution >= 4 is 15.9 Å². The molecule has 17 heavy (non-hydrogen) atoms. The third-order valence-corrected chi connectivity index (χ3v) is 5.25. The first-order chi connectivity index (χ1) is 8.13. The molecule has 3 unspecified atom stereocenters. The van der Waals surface area contributed by atoms with Crippen LogP contribution in [0.3, 0.4) is 0 Å². The summed E-state index contributed by atoms with van der Waals surface area (Å²) in [7, 11) is 1.73. The summed E-state index contributed by atoms with van der Waals surface area (Å²) in [5.74, 6) is 2.59. The molecule has 1 saturated carbocycles. The van der Waals surface area contributed by atoms with Crippen molar-refractivity contribution in [2.24, 2.45) is 11.8 Å². The molecule has 1 fully saturated rings. The van der Waals surface area contributed by atoms with Crippen LogP contribution in [-0.4, -0.2) is 7.11 Å². The van der Waals surface area contributed by atoms with E-state index in [9.17, 15) is 0 Å². The Balaban J connectivity index is 2.19. The molecular weight excluding hydrogens is 276 g/mol. The maximum atomic E-state index is 5.31. The monoisotopic (exact) mass is 296 g/mol. The first kappa shape index (κ1) is 12.9. The molecule has 94 valence electrons. The molecule has 0 amide bonds. The fraction of sp³-hybridized carbons (Fsp3) is 0.600. The third-order valence-electron chi connectivity index (χ3n) is 4.04. The first-order valence-corrected chi connectivity index (χ1v) is 7.33. The van der Waals surface area contributed by atoms with Crippen LogP contribution < -0.4 is 4.74 Å². The summed E-state index contributed by atoms with van der Waals surface area (Å²) in [6.45, 7) is 4.49. The molecule has 0 radical (unpaired) electrons.